The van der Waals surface area contributed by atoms with Crippen molar-refractivity contribution in [3.8, 4) is 5.75 Å². The molecule has 0 aromatic heterocycles. The van der Waals surface area contributed by atoms with Crippen LogP contribution in [0, 0.1) is 26.7 Å². The molecule has 0 aliphatic carbocycles. The highest BCUT2D eigenvalue weighted by Crippen LogP contribution is 2.40. The number of ether oxygens (including phenoxy) is 2. The summed E-state index contributed by atoms with van der Waals surface area (Å²) in [5, 5.41) is 0. The van der Waals surface area contributed by atoms with Crippen LogP contribution in [0.2, 0.25) is 0 Å². The number of alkyl halides is 5. The molecule has 30 heavy (non-hydrogen) atoms. The van der Waals surface area contributed by atoms with Gasteiger partial charge in [0.1, 0.15) is 5.75 Å². The highest BCUT2D eigenvalue weighted by atomic mass is 19.4. The van der Waals surface area contributed by atoms with E-state index in [0.29, 0.717) is 29.7 Å². The van der Waals surface area contributed by atoms with Crippen LogP contribution in [0.5, 0.6) is 5.75 Å². The quantitative estimate of drug-likeness (QED) is 0.478. The minimum atomic E-state index is -4.65. The van der Waals surface area contributed by atoms with Crippen LogP contribution in [0.1, 0.15) is 59.3 Å². The molecule has 164 valence electrons. The predicted octanol–water partition coefficient (Wildman–Crippen LogP) is 7.25. The number of rotatable bonds is 4. The molecule has 0 N–H and O–H groups in total. The third-order valence-corrected chi connectivity index (χ3v) is 5.48. The lowest BCUT2D eigenvalue weighted by molar-refractivity contribution is -0.186. The summed E-state index contributed by atoms with van der Waals surface area (Å²) in [6, 6.07) is 6.15. The summed E-state index contributed by atoms with van der Waals surface area (Å²) in [6.07, 6.45) is -6.76. The van der Waals surface area contributed by atoms with Crippen molar-refractivity contribution in [3.63, 3.8) is 0 Å². The molecule has 7 heteroatoms. The van der Waals surface area contributed by atoms with Crippen molar-refractivity contribution in [2.24, 2.45) is 5.92 Å². The standard InChI is InChI=1S/C23H25F5O2/c1-13-5-8-20(29-12-13)17-9-15(3)21(16(4)10-17)23(27,28)30-18-7-6-14(2)19(11-18)22(24,25)26/h6-7,9-11,13,20H,5,8,12H2,1-4H3. The van der Waals surface area contributed by atoms with Gasteiger partial charge in [-0.25, -0.2) is 0 Å². The minimum absolute atomic E-state index is 0.0586. The zero-order chi connectivity index (χ0) is 22.3. The van der Waals surface area contributed by atoms with E-state index in [1.165, 1.54) is 6.92 Å². The van der Waals surface area contributed by atoms with E-state index in [1.807, 2.05) is 0 Å². The van der Waals surface area contributed by atoms with E-state index in [9.17, 15) is 22.0 Å². The van der Waals surface area contributed by atoms with Gasteiger partial charge in [-0.15, -0.1) is 0 Å². The second-order valence-electron chi connectivity index (χ2n) is 8.13. The van der Waals surface area contributed by atoms with E-state index in [0.717, 1.165) is 30.5 Å². The number of hydrogen-bond donors (Lipinski definition) is 0. The summed E-state index contributed by atoms with van der Waals surface area (Å²) < 4.78 is 79.9. The van der Waals surface area contributed by atoms with E-state index >= 15 is 0 Å². The summed E-state index contributed by atoms with van der Waals surface area (Å²) in [7, 11) is 0. The number of hydrogen-bond acceptors (Lipinski definition) is 2. The van der Waals surface area contributed by atoms with Crippen molar-refractivity contribution < 1.29 is 31.4 Å². The molecule has 0 bridgehead atoms. The maximum atomic E-state index is 15.0. The fraction of sp³-hybridized carbons (Fsp3) is 0.478. The Labute approximate surface area is 173 Å². The molecule has 2 aromatic carbocycles. The van der Waals surface area contributed by atoms with Crippen LogP contribution in [0.25, 0.3) is 0 Å². The first-order valence-electron chi connectivity index (χ1n) is 9.86. The monoisotopic (exact) mass is 428 g/mol. The average Bonchev–Trinajstić information content (AvgIpc) is 2.62. The largest absolute Gasteiger partial charge is 0.429 e. The molecule has 2 atom stereocenters. The van der Waals surface area contributed by atoms with Crippen molar-refractivity contribution in [2.75, 3.05) is 6.61 Å². The van der Waals surface area contributed by atoms with Gasteiger partial charge in [0.05, 0.1) is 17.2 Å². The minimum Gasteiger partial charge on any atom is -0.429 e. The van der Waals surface area contributed by atoms with Crippen molar-refractivity contribution in [3.05, 3.63) is 63.7 Å². The summed E-state index contributed by atoms with van der Waals surface area (Å²) in [5.41, 5.74) is 0.0383. The maximum absolute atomic E-state index is 15.0. The highest BCUT2D eigenvalue weighted by Gasteiger charge is 2.39. The normalized spacial score (nSPS) is 20.3. The third-order valence-electron chi connectivity index (χ3n) is 5.48. The van der Waals surface area contributed by atoms with Gasteiger partial charge in [0.15, 0.2) is 0 Å². The molecule has 0 radical (unpaired) electrons. The predicted molar refractivity (Wildman–Crippen MR) is 104 cm³/mol. The SMILES string of the molecule is Cc1ccc(OC(F)(F)c2c(C)cc(C3CCC(C)CO3)cc2C)cc1C(F)(F)F. The second-order valence-corrected chi connectivity index (χ2v) is 8.13. The van der Waals surface area contributed by atoms with Crippen LogP contribution in [-0.4, -0.2) is 6.61 Å². The Morgan fingerprint density at radius 1 is 0.900 bits per heavy atom. The molecule has 0 spiro atoms. The molecule has 1 aliphatic rings. The van der Waals surface area contributed by atoms with Crippen molar-refractivity contribution >= 4 is 0 Å². The summed E-state index contributed by atoms with van der Waals surface area (Å²) >= 11 is 0. The maximum Gasteiger partial charge on any atom is 0.427 e. The van der Waals surface area contributed by atoms with Gasteiger partial charge in [-0.05, 0) is 73.9 Å². The van der Waals surface area contributed by atoms with Crippen LogP contribution in [0.15, 0.2) is 30.3 Å². The lowest BCUT2D eigenvalue weighted by Gasteiger charge is -2.29. The zero-order valence-electron chi connectivity index (χ0n) is 17.4. The molecule has 1 saturated heterocycles. The molecule has 1 heterocycles. The van der Waals surface area contributed by atoms with Crippen LogP contribution in [-0.2, 0) is 17.0 Å². The van der Waals surface area contributed by atoms with Gasteiger partial charge >= 0.3 is 12.3 Å². The molecular formula is C23H25F5O2. The molecule has 3 rings (SSSR count). The number of halogens is 5. The lowest BCUT2D eigenvalue weighted by atomic mass is 9.91. The first-order valence-corrected chi connectivity index (χ1v) is 9.86. The van der Waals surface area contributed by atoms with E-state index in [4.69, 9.17) is 9.47 Å². The molecule has 2 nitrogen and oxygen atoms in total. The van der Waals surface area contributed by atoms with Gasteiger partial charge in [0.25, 0.3) is 0 Å². The van der Waals surface area contributed by atoms with Crippen molar-refractivity contribution in [2.45, 2.75) is 58.9 Å². The van der Waals surface area contributed by atoms with E-state index < -0.39 is 23.6 Å². The molecule has 2 unspecified atom stereocenters. The van der Waals surface area contributed by atoms with Gasteiger partial charge < -0.3 is 9.47 Å². The Hall–Kier alpha value is -2.15. The molecule has 1 fully saturated rings. The van der Waals surface area contributed by atoms with Crippen molar-refractivity contribution in [1.29, 1.82) is 0 Å². The van der Waals surface area contributed by atoms with Gasteiger partial charge in [-0.3, -0.25) is 0 Å². The number of benzene rings is 2. The van der Waals surface area contributed by atoms with Gasteiger partial charge in [0.2, 0.25) is 0 Å². The fourth-order valence-corrected chi connectivity index (χ4v) is 3.96. The molecule has 0 saturated carbocycles. The van der Waals surface area contributed by atoms with Gasteiger partial charge in [-0.1, -0.05) is 25.1 Å². The Morgan fingerprint density at radius 3 is 2.07 bits per heavy atom. The average molecular weight is 428 g/mol. The van der Waals surface area contributed by atoms with Crippen molar-refractivity contribution in [1.82, 2.24) is 0 Å². The first kappa shape index (κ1) is 22.5. The topological polar surface area (TPSA) is 18.5 Å². The third kappa shape index (κ3) is 4.77. The second kappa shape index (κ2) is 8.17. The van der Waals surface area contributed by atoms with E-state index in [-0.39, 0.29) is 17.2 Å². The van der Waals surface area contributed by atoms with E-state index in [2.05, 4.69) is 6.92 Å². The summed E-state index contributed by atoms with van der Waals surface area (Å²) in [4.78, 5) is 0. The van der Waals surface area contributed by atoms with Crippen LogP contribution < -0.4 is 4.74 Å². The highest BCUT2D eigenvalue weighted by molar-refractivity contribution is 5.42. The Bertz CT molecular complexity index is 889. The lowest BCUT2D eigenvalue weighted by Crippen LogP contribution is -2.25. The zero-order valence-corrected chi connectivity index (χ0v) is 17.4. The summed E-state index contributed by atoms with van der Waals surface area (Å²) in [5.74, 6) is -0.0676. The molecule has 2 aromatic rings. The van der Waals surface area contributed by atoms with Gasteiger partial charge in [-0.2, -0.15) is 22.0 Å². The molecular weight excluding hydrogens is 403 g/mol. The van der Waals surface area contributed by atoms with Crippen LogP contribution >= 0.6 is 0 Å². The fourth-order valence-electron chi connectivity index (χ4n) is 3.96. The smallest absolute Gasteiger partial charge is 0.427 e. The first-order chi connectivity index (χ1) is 13.9. The number of aryl methyl sites for hydroxylation is 3. The van der Waals surface area contributed by atoms with E-state index in [1.54, 1.807) is 26.0 Å². The Morgan fingerprint density at radius 2 is 1.53 bits per heavy atom. The van der Waals surface area contributed by atoms with Crippen LogP contribution in [0.4, 0.5) is 22.0 Å². The Kier molecular flexibility index (Phi) is 6.14. The summed E-state index contributed by atoms with van der Waals surface area (Å²) in [6.45, 7) is 7.09. The molecule has 1 aliphatic heterocycles. The Balaban J connectivity index is 1.89. The van der Waals surface area contributed by atoms with Crippen LogP contribution in [0.3, 0.4) is 0 Å². The molecule has 0 amide bonds. The van der Waals surface area contributed by atoms with Gasteiger partial charge in [0, 0.05) is 6.61 Å².